The van der Waals surface area contributed by atoms with Crippen molar-refractivity contribution < 1.29 is 43.4 Å². The normalized spacial score (nSPS) is 20.4. The van der Waals surface area contributed by atoms with Gasteiger partial charge in [0.15, 0.2) is 0 Å². The summed E-state index contributed by atoms with van der Waals surface area (Å²) < 4.78 is 5.37. The van der Waals surface area contributed by atoms with Crippen LogP contribution in [0.2, 0.25) is 0 Å². The highest BCUT2D eigenvalue weighted by Crippen LogP contribution is 2.35. The number of hydrogen-bond donors (Lipinski definition) is 7. The SMILES string of the molecule is NCCOCCNC(=O)[C@@H]1CCNC(=O)/C=C/C(=O)N2CCC[C@](Cc3ccccc3)(C2)C(=O)N[C@@H](Cc2ccc(-c3ccc(/C=C/C(=O)O)cc3)cc2)C(=O)NCc2ccccc2CC(=O)N1. The molecule has 0 unspecified atom stereocenters. The summed E-state index contributed by atoms with van der Waals surface area (Å²) >= 11 is 0. The first-order valence-electron chi connectivity index (χ1n) is 22.8. The van der Waals surface area contributed by atoms with Crippen molar-refractivity contribution in [3.8, 4) is 11.1 Å². The smallest absolute Gasteiger partial charge is 0.328 e. The monoisotopic (exact) mass is 925 g/mol. The van der Waals surface area contributed by atoms with Crippen molar-refractivity contribution in [3.05, 3.63) is 149 Å². The highest BCUT2D eigenvalue weighted by atomic mass is 16.5. The number of aliphatic carboxylic acids is 1. The summed E-state index contributed by atoms with van der Waals surface area (Å²) in [6.45, 7) is 1.44. The Labute approximate surface area is 395 Å². The molecule has 4 aromatic rings. The maximum absolute atomic E-state index is 14.9. The molecule has 0 radical (unpaired) electrons. The molecule has 0 spiro atoms. The molecule has 3 atom stereocenters. The molecule has 1 fully saturated rings. The fourth-order valence-corrected chi connectivity index (χ4v) is 8.36. The molecule has 0 aliphatic carbocycles. The van der Waals surface area contributed by atoms with Crippen LogP contribution in [0.4, 0.5) is 0 Å². The van der Waals surface area contributed by atoms with E-state index < -0.39 is 58.9 Å². The Bertz CT molecular complexity index is 2460. The van der Waals surface area contributed by atoms with E-state index in [0.717, 1.165) is 46.0 Å². The molecule has 2 aliphatic heterocycles. The summed E-state index contributed by atoms with van der Waals surface area (Å²) in [5.41, 5.74) is 9.77. The van der Waals surface area contributed by atoms with E-state index in [1.165, 1.54) is 6.08 Å². The fourth-order valence-electron chi connectivity index (χ4n) is 8.36. The Hall–Kier alpha value is -7.43. The molecule has 16 heteroatoms. The number of fused-ring (bicyclic) bond motifs is 3. The average Bonchev–Trinajstić information content (AvgIpc) is 3.34. The van der Waals surface area contributed by atoms with E-state index in [1.807, 2.05) is 78.9 Å². The number of carboxylic acids is 1. The number of carbonyl (C=O) groups is 7. The van der Waals surface area contributed by atoms with E-state index in [1.54, 1.807) is 29.2 Å². The van der Waals surface area contributed by atoms with Crippen LogP contribution in [0.25, 0.3) is 17.2 Å². The second-order valence-electron chi connectivity index (χ2n) is 16.9. The molecule has 8 N–H and O–H groups in total. The Balaban J connectivity index is 1.30. The second-order valence-corrected chi connectivity index (χ2v) is 16.9. The lowest BCUT2D eigenvalue weighted by Gasteiger charge is -2.42. The minimum Gasteiger partial charge on any atom is -0.478 e. The molecule has 0 aromatic heterocycles. The zero-order chi connectivity index (χ0) is 48.3. The number of carbonyl (C=O) groups excluding carboxylic acids is 6. The summed E-state index contributed by atoms with van der Waals surface area (Å²) in [5, 5.41) is 23.4. The lowest BCUT2D eigenvalue weighted by Crippen LogP contribution is -2.58. The van der Waals surface area contributed by atoms with Gasteiger partial charge in [-0.3, -0.25) is 28.8 Å². The number of carboxylic acid groups (broad SMARTS) is 1. The number of amides is 6. The Morgan fingerprint density at radius 3 is 2.25 bits per heavy atom. The molecule has 68 heavy (non-hydrogen) atoms. The van der Waals surface area contributed by atoms with E-state index in [4.69, 9.17) is 15.6 Å². The van der Waals surface area contributed by atoms with Gasteiger partial charge in [-0.15, -0.1) is 0 Å². The van der Waals surface area contributed by atoms with Crippen molar-refractivity contribution in [2.24, 2.45) is 11.1 Å². The highest BCUT2D eigenvalue weighted by Gasteiger charge is 2.44. The first-order chi connectivity index (χ1) is 32.9. The highest BCUT2D eigenvalue weighted by molar-refractivity contribution is 5.97. The van der Waals surface area contributed by atoms with Gasteiger partial charge < -0.3 is 47.1 Å². The van der Waals surface area contributed by atoms with Crippen LogP contribution in [0, 0.1) is 5.41 Å². The summed E-state index contributed by atoms with van der Waals surface area (Å²) in [7, 11) is 0. The van der Waals surface area contributed by atoms with Crippen LogP contribution in [0.1, 0.15) is 47.1 Å². The van der Waals surface area contributed by atoms with Crippen molar-refractivity contribution in [1.82, 2.24) is 31.5 Å². The zero-order valence-electron chi connectivity index (χ0n) is 37.9. The van der Waals surface area contributed by atoms with Crippen molar-refractivity contribution in [1.29, 1.82) is 0 Å². The first kappa shape index (κ1) is 50.0. The van der Waals surface area contributed by atoms with Crippen LogP contribution in [0.5, 0.6) is 0 Å². The third-order valence-electron chi connectivity index (χ3n) is 11.9. The Morgan fingerprint density at radius 1 is 0.824 bits per heavy atom. The largest absolute Gasteiger partial charge is 0.478 e. The van der Waals surface area contributed by atoms with Gasteiger partial charge in [0.05, 0.1) is 25.0 Å². The quantitative estimate of drug-likeness (QED) is 0.0765. The minimum atomic E-state index is -1.14. The Morgan fingerprint density at radius 2 is 1.53 bits per heavy atom. The molecule has 2 heterocycles. The van der Waals surface area contributed by atoms with Gasteiger partial charge in [-0.2, -0.15) is 0 Å². The molecule has 0 saturated carbocycles. The van der Waals surface area contributed by atoms with Crippen molar-refractivity contribution in [3.63, 3.8) is 0 Å². The van der Waals surface area contributed by atoms with E-state index in [0.29, 0.717) is 43.7 Å². The van der Waals surface area contributed by atoms with Gasteiger partial charge in [-0.1, -0.05) is 103 Å². The predicted octanol–water partition coefficient (Wildman–Crippen LogP) is 2.84. The van der Waals surface area contributed by atoms with Crippen LogP contribution in [0.3, 0.4) is 0 Å². The van der Waals surface area contributed by atoms with Crippen LogP contribution in [0.15, 0.2) is 121 Å². The number of nitrogens with one attached hydrogen (secondary N) is 5. The molecule has 1 saturated heterocycles. The summed E-state index contributed by atoms with van der Waals surface area (Å²) in [4.78, 5) is 95.6. The topological polar surface area (TPSA) is 238 Å². The molecule has 6 rings (SSSR count). The van der Waals surface area contributed by atoms with Crippen molar-refractivity contribution >= 4 is 47.5 Å². The maximum atomic E-state index is 14.9. The lowest BCUT2D eigenvalue weighted by molar-refractivity contribution is -0.141. The van der Waals surface area contributed by atoms with E-state index in [-0.39, 0.29) is 58.5 Å². The zero-order valence-corrected chi connectivity index (χ0v) is 37.9. The number of benzene rings is 4. The minimum absolute atomic E-state index is 0.000774. The summed E-state index contributed by atoms with van der Waals surface area (Å²) in [5.74, 6) is -3.88. The summed E-state index contributed by atoms with van der Waals surface area (Å²) in [6.07, 6.45) is 6.10. The molecule has 356 valence electrons. The molecular weight excluding hydrogens is 867 g/mol. The van der Waals surface area contributed by atoms with Crippen molar-refractivity contribution in [2.45, 2.75) is 57.2 Å². The fraction of sp³-hybridized carbons (Fsp3) is 0.327. The third kappa shape index (κ3) is 14.8. The maximum Gasteiger partial charge on any atom is 0.328 e. The number of nitrogens with zero attached hydrogens (tertiary/aromatic N) is 1. The van der Waals surface area contributed by atoms with Gasteiger partial charge in [0, 0.05) is 63.9 Å². The number of hydrogen-bond acceptors (Lipinski definition) is 9. The average molecular weight is 926 g/mol. The van der Waals surface area contributed by atoms with E-state index >= 15 is 0 Å². The van der Waals surface area contributed by atoms with Crippen molar-refractivity contribution in [2.75, 3.05) is 45.9 Å². The van der Waals surface area contributed by atoms with Gasteiger partial charge in [0.1, 0.15) is 12.1 Å². The van der Waals surface area contributed by atoms with Gasteiger partial charge in [0.25, 0.3) is 0 Å². The molecule has 6 amide bonds. The molecular formula is C52H59N7O9. The third-order valence-corrected chi connectivity index (χ3v) is 11.9. The number of rotatable bonds is 13. The standard InChI is InChI=1S/C52H59N7O9/c53-25-29-68-30-27-55-49(65)43-23-26-54-45(60)20-21-47(62)59-28-6-24-52(35-59,33-38-7-2-1-3-8-38)51(67)58-44(50(66)56-34-42-10-5-4-9-41(42)32-46(61)57-43)31-37-13-18-40(19-14-37)39-16-11-36(12-17-39)15-22-48(63)64/h1-5,7-22,43-44H,6,23-35,53H2,(H,54,60)(H,55,65)(H,56,66)(H,57,61)(H,58,67)(H,63,64)/b21-20+,22-15+/t43-,44-,52-/m0/s1. The van der Waals surface area contributed by atoms with Gasteiger partial charge >= 0.3 is 5.97 Å². The summed E-state index contributed by atoms with van der Waals surface area (Å²) in [6, 6.07) is 29.5. The first-order valence-corrected chi connectivity index (χ1v) is 22.8. The number of ether oxygens (including phenoxy) is 1. The second kappa shape index (κ2) is 24.9. The molecule has 16 nitrogen and oxygen atoms in total. The molecule has 2 bridgehead atoms. The van der Waals surface area contributed by atoms with Crippen LogP contribution in [-0.2, 0) is 64.1 Å². The number of piperidine rings is 1. The predicted molar refractivity (Wildman–Crippen MR) is 256 cm³/mol. The number of nitrogens with two attached hydrogens (primary N) is 1. The van der Waals surface area contributed by atoms with Crippen LogP contribution in [-0.4, -0.2) is 109 Å². The van der Waals surface area contributed by atoms with Crippen LogP contribution < -0.4 is 32.3 Å². The van der Waals surface area contributed by atoms with Gasteiger partial charge in [-0.25, -0.2) is 4.79 Å². The lowest BCUT2D eigenvalue weighted by atomic mass is 9.74. The molecule has 2 aliphatic rings. The van der Waals surface area contributed by atoms with Crippen LogP contribution >= 0.6 is 0 Å². The Kier molecular flexibility index (Phi) is 18.3. The van der Waals surface area contributed by atoms with E-state index in [9.17, 15) is 33.6 Å². The van der Waals surface area contributed by atoms with Gasteiger partial charge in [-0.05, 0) is 70.7 Å². The van der Waals surface area contributed by atoms with Gasteiger partial charge in [0.2, 0.25) is 35.4 Å². The van der Waals surface area contributed by atoms with E-state index in [2.05, 4.69) is 26.6 Å². The molecule has 4 aromatic carbocycles.